The molecule has 2 aromatic rings. The van der Waals surface area contributed by atoms with Crippen LogP contribution in [0.1, 0.15) is 21.5 Å². The zero-order valence-corrected chi connectivity index (χ0v) is 11.2. The molecule has 102 valence electrons. The summed E-state index contributed by atoms with van der Waals surface area (Å²) in [6, 6.07) is 13.5. The van der Waals surface area contributed by atoms with Crippen molar-refractivity contribution in [2.45, 2.75) is 13.0 Å². The molecule has 1 amide bonds. The Kier molecular flexibility index (Phi) is 3.06. The minimum atomic E-state index is -0.388. The highest BCUT2D eigenvalue weighted by Crippen LogP contribution is 2.30. The maximum atomic E-state index is 11.2. The molecule has 3 rings (SSSR count). The summed E-state index contributed by atoms with van der Waals surface area (Å²) in [5, 5.41) is 0. The van der Waals surface area contributed by atoms with E-state index in [-0.39, 0.29) is 5.91 Å². The predicted molar refractivity (Wildman–Crippen MR) is 80.6 cm³/mol. The van der Waals surface area contributed by atoms with E-state index in [0.717, 1.165) is 30.8 Å². The van der Waals surface area contributed by atoms with Crippen molar-refractivity contribution in [3.63, 3.8) is 0 Å². The largest absolute Gasteiger partial charge is 0.399 e. The lowest BCUT2D eigenvalue weighted by Gasteiger charge is -2.19. The number of nitrogens with two attached hydrogens (primary N) is 2. The quantitative estimate of drug-likeness (QED) is 0.835. The van der Waals surface area contributed by atoms with E-state index in [1.807, 2.05) is 30.3 Å². The first-order valence-corrected chi connectivity index (χ1v) is 6.65. The van der Waals surface area contributed by atoms with Crippen molar-refractivity contribution in [2.24, 2.45) is 5.73 Å². The molecule has 0 aromatic heterocycles. The second kappa shape index (κ2) is 4.89. The zero-order chi connectivity index (χ0) is 14.1. The number of rotatable bonds is 3. The third-order valence-corrected chi connectivity index (χ3v) is 3.68. The molecular formula is C16H17N3O. The predicted octanol–water partition coefficient (Wildman–Crippen LogP) is 1.93. The van der Waals surface area contributed by atoms with Gasteiger partial charge in [0.25, 0.3) is 0 Å². The first-order chi connectivity index (χ1) is 9.63. The van der Waals surface area contributed by atoms with Gasteiger partial charge in [0, 0.05) is 30.0 Å². The molecule has 0 bridgehead atoms. The average Bonchev–Trinajstić information content (AvgIpc) is 2.81. The van der Waals surface area contributed by atoms with Crippen molar-refractivity contribution in [2.75, 3.05) is 17.2 Å². The highest BCUT2D eigenvalue weighted by Gasteiger charge is 2.19. The van der Waals surface area contributed by atoms with Gasteiger partial charge in [-0.2, -0.15) is 0 Å². The van der Waals surface area contributed by atoms with Crippen molar-refractivity contribution >= 4 is 17.3 Å². The number of hydrogen-bond acceptors (Lipinski definition) is 3. The second-order valence-corrected chi connectivity index (χ2v) is 5.12. The van der Waals surface area contributed by atoms with Gasteiger partial charge < -0.3 is 16.4 Å². The van der Waals surface area contributed by atoms with Gasteiger partial charge >= 0.3 is 0 Å². The molecule has 1 aliphatic heterocycles. The number of anilines is 2. The van der Waals surface area contributed by atoms with Crippen molar-refractivity contribution in [3.8, 4) is 0 Å². The summed E-state index contributed by atoms with van der Waals surface area (Å²) in [5.74, 6) is -0.388. The Bertz CT molecular complexity index is 667. The number of nitrogen functional groups attached to an aromatic ring is 1. The van der Waals surface area contributed by atoms with Crippen LogP contribution in [0.3, 0.4) is 0 Å². The number of nitrogens with zero attached hydrogens (tertiary/aromatic N) is 1. The number of benzene rings is 2. The highest BCUT2D eigenvalue weighted by atomic mass is 16.1. The molecule has 1 aliphatic rings. The molecule has 0 unspecified atom stereocenters. The van der Waals surface area contributed by atoms with E-state index in [1.54, 1.807) is 6.07 Å². The minimum Gasteiger partial charge on any atom is -0.399 e. The second-order valence-electron chi connectivity index (χ2n) is 5.12. The normalized spacial score (nSPS) is 13.3. The lowest BCUT2D eigenvalue weighted by molar-refractivity contribution is 0.1000. The lowest BCUT2D eigenvalue weighted by Crippen LogP contribution is -2.20. The molecule has 2 aromatic carbocycles. The summed E-state index contributed by atoms with van der Waals surface area (Å²) in [7, 11) is 0. The molecule has 0 aliphatic carbocycles. The Morgan fingerprint density at radius 3 is 2.85 bits per heavy atom. The molecule has 4 N–H and O–H groups in total. The topological polar surface area (TPSA) is 72.4 Å². The van der Waals surface area contributed by atoms with E-state index in [2.05, 4.69) is 11.0 Å². The van der Waals surface area contributed by atoms with Crippen LogP contribution in [0.15, 0.2) is 42.5 Å². The van der Waals surface area contributed by atoms with Crippen LogP contribution in [-0.2, 0) is 13.0 Å². The number of carbonyl (C=O) groups is 1. The highest BCUT2D eigenvalue weighted by molar-refractivity contribution is 5.92. The van der Waals surface area contributed by atoms with Gasteiger partial charge in [0.1, 0.15) is 0 Å². The SMILES string of the molecule is NC(=O)c1cccc(CN2CCc3cc(N)ccc32)c1. The van der Waals surface area contributed by atoms with Crippen LogP contribution in [0, 0.1) is 0 Å². The molecule has 4 heteroatoms. The van der Waals surface area contributed by atoms with E-state index in [9.17, 15) is 4.79 Å². The molecule has 0 saturated heterocycles. The number of primary amides is 1. The molecule has 4 nitrogen and oxygen atoms in total. The van der Waals surface area contributed by atoms with Crippen LogP contribution in [-0.4, -0.2) is 12.5 Å². The van der Waals surface area contributed by atoms with E-state index >= 15 is 0 Å². The van der Waals surface area contributed by atoms with Crippen LogP contribution in [0.25, 0.3) is 0 Å². The summed E-state index contributed by atoms with van der Waals surface area (Å²) in [5.41, 5.74) is 16.1. The Hall–Kier alpha value is -2.49. The van der Waals surface area contributed by atoms with Gasteiger partial charge in [0.15, 0.2) is 0 Å². The molecule has 0 radical (unpaired) electrons. The Balaban J connectivity index is 1.84. The van der Waals surface area contributed by atoms with Crippen LogP contribution in [0.5, 0.6) is 0 Å². The minimum absolute atomic E-state index is 0.388. The van der Waals surface area contributed by atoms with Gasteiger partial charge in [-0.1, -0.05) is 12.1 Å². The summed E-state index contributed by atoms with van der Waals surface area (Å²) in [6.45, 7) is 1.75. The van der Waals surface area contributed by atoms with Gasteiger partial charge in [-0.05, 0) is 47.9 Å². The number of hydrogen-bond donors (Lipinski definition) is 2. The summed E-state index contributed by atoms with van der Waals surface area (Å²) in [4.78, 5) is 13.5. The summed E-state index contributed by atoms with van der Waals surface area (Å²) >= 11 is 0. The van der Waals surface area contributed by atoms with E-state index < -0.39 is 0 Å². The maximum absolute atomic E-state index is 11.2. The summed E-state index contributed by atoms with van der Waals surface area (Å²) < 4.78 is 0. The third kappa shape index (κ3) is 2.32. The summed E-state index contributed by atoms with van der Waals surface area (Å²) in [6.07, 6.45) is 1.01. The van der Waals surface area contributed by atoms with Gasteiger partial charge in [-0.3, -0.25) is 4.79 Å². The number of carbonyl (C=O) groups excluding carboxylic acids is 1. The Morgan fingerprint density at radius 1 is 1.20 bits per heavy atom. The Morgan fingerprint density at radius 2 is 2.05 bits per heavy atom. The fraction of sp³-hybridized carbons (Fsp3) is 0.188. The van der Waals surface area contributed by atoms with Crippen LogP contribution >= 0.6 is 0 Å². The van der Waals surface area contributed by atoms with Gasteiger partial charge in [0.05, 0.1) is 0 Å². The zero-order valence-electron chi connectivity index (χ0n) is 11.2. The third-order valence-electron chi connectivity index (χ3n) is 3.68. The fourth-order valence-electron chi connectivity index (χ4n) is 2.70. The molecular weight excluding hydrogens is 250 g/mol. The van der Waals surface area contributed by atoms with Crippen LogP contribution in [0.4, 0.5) is 11.4 Å². The smallest absolute Gasteiger partial charge is 0.248 e. The fourth-order valence-corrected chi connectivity index (χ4v) is 2.70. The first-order valence-electron chi connectivity index (χ1n) is 6.65. The van der Waals surface area contributed by atoms with Crippen molar-refractivity contribution in [3.05, 3.63) is 59.2 Å². The van der Waals surface area contributed by atoms with E-state index in [4.69, 9.17) is 11.5 Å². The molecule has 0 atom stereocenters. The van der Waals surface area contributed by atoms with E-state index in [0.29, 0.717) is 5.56 Å². The molecule has 0 fully saturated rings. The molecule has 0 spiro atoms. The van der Waals surface area contributed by atoms with Gasteiger partial charge in [-0.15, -0.1) is 0 Å². The molecule has 20 heavy (non-hydrogen) atoms. The molecule has 0 saturated carbocycles. The van der Waals surface area contributed by atoms with E-state index in [1.165, 1.54) is 11.3 Å². The maximum Gasteiger partial charge on any atom is 0.248 e. The average molecular weight is 267 g/mol. The van der Waals surface area contributed by atoms with Gasteiger partial charge in [0.2, 0.25) is 5.91 Å². The first kappa shape index (κ1) is 12.5. The van der Waals surface area contributed by atoms with Crippen LogP contribution < -0.4 is 16.4 Å². The number of fused-ring (bicyclic) bond motifs is 1. The van der Waals surface area contributed by atoms with Gasteiger partial charge in [-0.25, -0.2) is 0 Å². The Labute approximate surface area is 118 Å². The standard InChI is InChI=1S/C16H17N3O/c17-14-4-5-15-12(9-14)6-7-19(15)10-11-2-1-3-13(8-11)16(18)20/h1-5,8-9H,6-7,10,17H2,(H2,18,20). The van der Waals surface area contributed by atoms with Crippen LogP contribution in [0.2, 0.25) is 0 Å². The van der Waals surface area contributed by atoms with Crippen molar-refractivity contribution < 1.29 is 4.79 Å². The molecule has 1 heterocycles. The van der Waals surface area contributed by atoms with Crippen molar-refractivity contribution in [1.82, 2.24) is 0 Å². The monoisotopic (exact) mass is 267 g/mol. The van der Waals surface area contributed by atoms with Crippen molar-refractivity contribution in [1.29, 1.82) is 0 Å². The lowest BCUT2D eigenvalue weighted by atomic mass is 10.1. The number of amides is 1.